The van der Waals surface area contributed by atoms with Crippen LogP contribution in [0.15, 0.2) is 59.5 Å². The molecule has 30 heavy (non-hydrogen) atoms. The highest BCUT2D eigenvalue weighted by atomic mass is 32.2. The van der Waals surface area contributed by atoms with Crippen LogP contribution in [-0.4, -0.2) is 46.8 Å². The van der Waals surface area contributed by atoms with E-state index in [2.05, 4.69) is 37.4 Å². The van der Waals surface area contributed by atoms with E-state index in [1.165, 1.54) is 10.5 Å². The van der Waals surface area contributed by atoms with Crippen molar-refractivity contribution >= 4 is 23.7 Å². The molecule has 2 aromatic rings. The molecule has 4 unspecified atom stereocenters. The van der Waals surface area contributed by atoms with Crippen molar-refractivity contribution in [2.75, 3.05) is 19.6 Å². The number of piperazine rings is 1. The average molecular weight is 423 g/mol. The van der Waals surface area contributed by atoms with Crippen molar-refractivity contribution in [1.29, 1.82) is 0 Å². The van der Waals surface area contributed by atoms with Gasteiger partial charge in [0.1, 0.15) is 0 Å². The summed E-state index contributed by atoms with van der Waals surface area (Å²) in [6, 6.07) is 16.3. The van der Waals surface area contributed by atoms with Crippen LogP contribution in [0.25, 0.3) is 6.08 Å². The zero-order valence-electron chi connectivity index (χ0n) is 17.6. The maximum Gasteiger partial charge on any atom is 0.246 e. The van der Waals surface area contributed by atoms with Crippen LogP contribution in [0.2, 0.25) is 0 Å². The van der Waals surface area contributed by atoms with E-state index in [9.17, 15) is 9.90 Å². The zero-order chi connectivity index (χ0) is 21.1. The molecule has 1 saturated heterocycles. The quantitative estimate of drug-likeness (QED) is 0.718. The number of thioether (sulfide) groups is 1. The molecule has 0 radical (unpaired) electrons. The van der Waals surface area contributed by atoms with Gasteiger partial charge in [-0.2, -0.15) is 0 Å². The van der Waals surface area contributed by atoms with Gasteiger partial charge in [-0.3, -0.25) is 4.79 Å². The monoisotopic (exact) mass is 422 g/mol. The molecule has 0 spiro atoms. The number of benzene rings is 2. The highest BCUT2D eigenvalue weighted by Crippen LogP contribution is 2.38. The Morgan fingerprint density at radius 3 is 2.87 bits per heavy atom. The molecule has 4 rings (SSSR count). The molecule has 2 N–H and O–H groups in total. The van der Waals surface area contributed by atoms with Crippen molar-refractivity contribution in [1.82, 2.24) is 10.2 Å². The second-order valence-electron chi connectivity index (χ2n) is 8.39. The van der Waals surface area contributed by atoms with Crippen LogP contribution >= 0.6 is 11.8 Å². The van der Waals surface area contributed by atoms with Gasteiger partial charge in [0.2, 0.25) is 5.91 Å². The van der Waals surface area contributed by atoms with E-state index in [0.717, 1.165) is 24.1 Å². The molecule has 4 nitrogen and oxygen atoms in total. The summed E-state index contributed by atoms with van der Waals surface area (Å²) >= 11 is 1.91. The fraction of sp³-hybridized carbons (Fsp3) is 0.400. The van der Waals surface area contributed by atoms with E-state index in [4.69, 9.17) is 0 Å². The molecular formula is C25H30N2O2S. The maximum atomic E-state index is 12.7. The number of hydrogen-bond acceptors (Lipinski definition) is 4. The number of hydrogen-bond donors (Lipinski definition) is 2. The third-order valence-electron chi connectivity index (χ3n) is 6.13. The van der Waals surface area contributed by atoms with Gasteiger partial charge in [-0.25, -0.2) is 0 Å². The fourth-order valence-electron chi connectivity index (χ4n) is 4.32. The Morgan fingerprint density at radius 2 is 2.07 bits per heavy atom. The highest BCUT2D eigenvalue weighted by molar-refractivity contribution is 8.00. The summed E-state index contributed by atoms with van der Waals surface area (Å²) < 4.78 is 0. The lowest BCUT2D eigenvalue weighted by atomic mass is 9.88. The summed E-state index contributed by atoms with van der Waals surface area (Å²) in [5.74, 6) is 0.0267. The van der Waals surface area contributed by atoms with Crippen molar-refractivity contribution in [2.24, 2.45) is 5.92 Å². The molecule has 2 aliphatic heterocycles. The van der Waals surface area contributed by atoms with E-state index in [-0.39, 0.29) is 17.9 Å². The molecule has 2 aromatic carbocycles. The maximum absolute atomic E-state index is 12.7. The number of fused-ring (bicyclic) bond motifs is 1. The normalized spacial score (nSPS) is 23.4. The minimum absolute atomic E-state index is 0.00299. The zero-order valence-corrected chi connectivity index (χ0v) is 18.4. The van der Waals surface area contributed by atoms with Gasteiger partial charge in [-0.1, -0.05) is 56.3 Å². The van der Waals surface area contributed by atoms with Crippen LogP contribution in [0, 0.1) is 5.92 Å². The summed E-state index contributed by atoms with van der Waals surface area (Å²) in [4.78, 5) is 15.9. The molecular weight excluding hydrogens is 392 g/mol. The van der Waals surface area contributed by atoms with Crippen LogP contribution in [0.5, 0.6) is 0 Å². The van der Waals surface area contributed by atoms with Gasteiger partial charge in [0.25, 0.3) is 0 Å². The molecule has 5 heteroatoms. The lowest BCUT2D eigenvalue weighted by Crippen LogP contribution is -2.55. The summed E-state index contributed by atoms with van der Waals surface area (Å²) in [6.45, 7) is 6.35. The number of aliphatic hydroxyl groups is 1. The van der Waals surface area contributed by atoms with Gasteiger partial charge in [0.05, 0.1) is 6.10 Å². The van der Waals surface area contributed by atoms with E-state index in [1.54, 1.807) is 6.08 Å². The third kappa shape index (κ3) is 4.80. The first-order valence-corrected chi connectivity index (χ1v) is 11.6. The minimum Gasteiger partial charge on any atom is -0.388 e. The SMILES string of the molecule is CC1Cc2cc(C(O)C(C)C3CN(C(=O)C=Cc4ccccc4)CCN3)ccc2S1. The summed E-state index contributed by atoms with van der Waals surface area (Å²) in [5.41, 5.74) is 3.34. The van der Waals surface area contributed by atoms with Crippen molar-refractivity contribution < 1.29 is 9.90 Å². The first kappa shape index (κ1) is 21.2. The third-order valence-corrected chi connectivity index (χ3v) is 7.35. The second kappa shape index (κ2) is 9.38. The minimum atomic E-state index is -0.552. The van der Waals surface area contributed by atoms with Gasteiger partial charge in [-0.05, 0) is 35.3 Å². The number of carbonyl (C=O) groups is 1. The van der Waals surface area contributed by atoms with Crippen molar-refractivity contribution in [3.05, 3.63) is 71.3 Å². The number of nitrogens with zero attached hydrogens (tertiary/aromatic N) is 1. The molecule has 0 aromatic heterocycles. The molecule has 158 valence electrons. The number of amides is 1. The van der Waals surface area contributed by atoms with Gasteiger partial charge in [0, 0.05) is 47.8 Å². The van der Waals surface area contributed by atoms with E-state index in [1.807, 2.05) is 53.1 Å². The summed E-state index contributed by atoms with van der Waals surface area (Å²) in [7, 11) is 0. The molecule has 0 aliphatic carbocycles. The molecule has 1 amide bonds. The standard InChI is InChI=1S/C25H30N2O2S/c1-17-14-21-15-20(9-10-23(21)30-17)25(29)18(2)22-16-27(13-12-26-22)24(28)11-8-19-6-4-3-5-7-19/h3-11,15,17-18,22,25-26,29H,12-14,16H2,1-2H3. The van der Waals surface area contributed by atoms with Crippen LogP contribution in [0.4, 0.5) is 0 Å². The van der Waals surface area contributed by atoms with Gasteiger partial charge in [-0.15, -0.1) is 11.8 Å². The fourth-order valence-corrected chi connectivity index (χ4v) is 5.45. The van der Waals surface area contributed by atoms with Crippen LogP contribution in [0.3, 0.4) is 0 Å². The topological polar surface area (TPSA) is 52.6 Å². The number of aliphatic hydroxyl groups excluding tert-OH is 1. The Morgan fingerprint density at radius 1 is 1.27 bits per heavy atom. The Hall–Kier alpha value is -2.08. The highest BCUT2D eigenvalue weighted by Gasteiger charge is 2.31. The van der Waals surface area contributed by atoms with Gasteiger partial charge in [0.15, 0.2) is 0 Å². The summed E-state index contributed by atoms with van der Waals surface area (Å²) in [6.07, 6.45) is 4.02. The molecule has 2 aliphatic rings. The van der Waals surface area contributed by atoms with Crippen LogP contribution in [-0.2, 0) is 11.2 Å². The van der Waals surface area contributed by atoms with Gasteiger partial charge < -0.3 is 15.3 Å². The number of carbonyl (C=O) groups excluding carboxylic acids is 1. The first-order valence-electron chi connectivity index (χ1n) is 10.7. The van der Waals surface area contributed by atoms with E-state index < -0.39 is 6.10 Å². The largest absolute Gasteiger partial charge is 0.388 e. The number of nitrogens with one attached hydrogen (secondary N) is 1. The number of rotatable bonds is 5. The van der Waals surface area contributed by atoms with Gasteiger partial charge >= 0.3 is 0 Å². The smallest absolute Gasteiger partial charge is 0.246 e. The molecule has 2 heterocycles. The lowest BCUT2D eigenvalue weighted by Gasteiger charge is -2.38. The average Bonchev–Trinajstić information content (AvgIpc) is 3.16. The first-order chi connectivity index (χ1) is 14.5. The molecule has 4 atom stereocenters. The molecule has 0 saturated carbocycles. The Balaban J connectivity index is 1.39. The van der Waals surface area contributed by atoms with E-state index in [0.29, 0.717) is 18.3 Å². The Kier molecular flexibility index (Phi) is 6.61. The Labute approximate surface area is 183 Å². The second-order valence-corrected chi connectivity index (χ2v) is 9.87. The predicted octanol–water partition coefficient (Wildman–Crippen LogP) is 3.91. The van der Waals surface area contributed by atoms with Crippen molar-refractivity contribution in [2.45, 2.75) is 42.6 Å². The lowest BCUT2D eigenvalue weighted by molar-refractivity contribution is -0.127. The molecule has 1 fully saturated rings. The Bertz CT molecular complexity index is 915. The molecule has 0 bridgehead atoms. The van der Waals surface area contributed by atoms with Crippen molar-refractivity contribution in [3.63, 3.8) is 0 Å². The van der Waals surface area contributed by atoms with Crippen LogP contribution < -0.4 is 5.32 Å². The van der Waals surface area contributed by atoms with E-state index >= 15 is 0 Å². The van der Waals surface area contributed by atoms with Crippen molar-refractivity contribution in [3.8, 4) is 0 Å². The van der Waals surface area contributed by atoms with Crippen LogP contribution in [0.1, 0.15) is 36.6 Å². The summed E-state index contributed by atoms with van der Waals surface area (Å²) in [5, 5.41) is 15.2. The predicted molar refractivity (Wildman–Crippen MR) is 123 cm³/mol.